The van der Waals surface area contributed by atoms with Gasteiger partial charge in [-0.3, -0.25) is 14.7 Å². The van der Waals surface area contributed by atoms with Crippen molar-refractivity contribution in [3.8, 4) is 5.88 Å². The van der Waals surface area contributed by atoms with Gasteiger partial charge in [0.15, 0.2) is 6.73 Å². The summed E-state index contributed by atoms with van der Waals surface area (Å²) in [6.07, 6.45) is 1.41. The summed E-state index contributed by atoms with van der Waals surface area (Å²) in [7, 11) is 0. The van der Waals surface area contributed by atoms with Crippen molar-refractivity contribution in [2.24, 2.45) is 4.99 Å². The lowest BCUT2D eigenvalue weighted by Gasteiger charge is -2.29. The van der Waals surface area contributed by atoms with Crippen molar-refractivity contribution in [1.29, 1.82) is 0 Å². The fourth-order valence-corrected chi connectivity index (χ4v) is 4.77. The van der Waals surface area contributed by atoms with Crippen molar-refractivity contribution >= 4 is 69.4 Å². The van der Waals surface area contributed by atoms with Gasteiger partial charge in [-0.25, -0.2) is 4.98 Å². The first-order valence-corrected chi connectivity index (χ1v) is 11.6. The van der Waals surface area contributed by atoms with Crippen molar-refractivity contribution in [2.75, 3.05) is 41.5 Å². The summed E-state index contributed by atoms with van der Waals surface area (Å²) < 4.78 is 5.73. The van der Waals surface area contributed by atoms with Gasteiger partial charge in [0.2, 0.25) is 11.8 Å². The highest BCUT2D eigenvalue weighted by Crippen LogP contribution is 2.37. The van der Waals surface area contributed by atoms with Gasteiger partial charge >= 0.3 is 0 Å². The minimum Gasteiger partial charge on any atom is -0.455 e. The number of para-hydroxylation sites is 1. The number of aliphatic imine (C=N–C) groups is 1. The Morgan fingerprint density at radius 3 is 2.62 bits per heavy atom. The molecule has 8 nitrogen and oxygen atoms in total. The number of hydrogen-bond acceptors (Lipinski definition) is 7. The second-order valence-electron chi connectivity index (χ2n) is 7.82. The van der Waals surface area contributed by atoms with Crippen LogP contribution in [0, 0.1) is 0 Å². The van der Waals surface area contributed by atoms with Crippen LogP contribution in [0.25, 0.3) is 0 Å². The maximum absolute atomic E-state index is 13.0. The fourth-order valence-electron chi connectivity index (χ4n) is 3.87. The summed E-state index contributed by atoms with van der Waals surface area (Å²) in [4.78, 5) is 29.7. The molecule has 0 radical (unpaired) electrons. The van der Waals surface area contributed by atoms with Crippen LogP contribution in [0.4, 0.5) is 23.0 Å². The molecular weight excluding hydrogens is 499 g/mol. The van der Waals surface area contributed by atoms with E-state index >= 15 is 0 Å². The average Bonchev–Trinajstić information content (AvgIpc) is 2.80. The molecule has 0 atom stereocenters. The molecule has 2 aromatic carbocycles. The molecule has 1 aromatic heterocycles. The maximum atomic E-state index is 13.0. The van der Waals surface area contributed by atoms with Crippen molar-refractivity contribution in [2.45, 2.75) is 6.92 Å². The van der Waals surface area contributed by atoms with E-state index < -0.39 is 0 Å². The molecule has 0 aliphatic carbocycles. The van der Waals surface area contributed by atoms with Gasteiger partial charge < -0.3 is 15.0 Å². The Kier molecular flexibility index (Phi) is 6.20. The van der Waals surface area contributed by atoms with Crippen LogP contribution in [0.15, 0.2) is 47.6 Å². The fraction of sp³-hybridized carbons (Fsp3) is 0.217. The van der Waals surface area contributed by atoms with Crippen molar-refractivity contribution in [1.82, 2.24) is 9.97 Å². The van der Waals surface area contributed by atoms with Crippen LogP contribution in [0.3, 0.4) is 0 Å². The summed E-state index contributed by atoms with van der Waals surface area (Å²) in [5.74, 6) is 0.101. The number of amides is 1. The van der Waals surface area contributed by atoms with Crippen molar-refractivity contribution < 1.29 is 9.53 Å². The van der Waals surface area contributed by atoms with E-state index in [1.54, 1.807) is 18.2 Å². The third kappa shape index (κ3) is 4.36. The van der Waals surface area contributed by atoms with Crippen molar-refractivity contribution in [3.63, 3.8) is 0 Å². The van der Waals surface area contributed by atoms with E-state index in [9.17, 15) is 4.79 Å². The number of halogens is 3. The molecule has 3 aromatic rings. The molecule has 0 spiro atoms. The molecule has 1 N–H and O–H groups in total. The SMILES string of the molecule is CC1=NCCN(c2ccc(Nc3ncc4c(n3)OCN(c3c(Cl)cccc3Cl)C4=O)cc2Cl)C1. The van der Waals surface area contributed by atoms with Crippen LogP contribution in [0.5, 0.6) is 5.88 Å². The van der Waals surface area contributed by atoms with Crippen LogP contribution in [0.1, 0.15) is 17.3 Å². The summed E-state index contributed by atoms with van der Waals surface area (Å²) >= 11 is 19.1. The molecule has 0 unspecified atom stereocenters. The topological polar surface area (TPSA) is 82.9 Å². The highest BCUT2D eigenvalue weighted by Gasteiger charge is 2.31. The smallest absolute Gasteiger partial charge is 0.268 e. The predicted molar refractivity (Wildman–Crippen MR) is 136 cm³/mol. The minimum absolute atomic E-state index is 0.0786. The highest BCUT2D eigenvalue weighted by molar-refractivity contribution is 6.40. The van der Waals surface area contributed by atoms with Gasteiger partial charge in [-0.1, -0.05) is 40.9 Å². The maximum Gasteiger partial charge on any atom is 0.268 e. The van der Waals surface area contributed by atoms with Crippen molar-refractivity contribution in [3.05, 3.63) is 63.2 Å². The number of carbonyl (C=O) groups excluding carboxylic acids is 1. The molecule has 174 valence electrons. The van der Waals surface area contributed by atoms with E-state index in [1.807, 2.05) is 25.1 Å². The number of nitrogens with one attached hydrogen (secondary N) is 1. The number of fused-ring (bicyclic) bond motifs is 1. The van der Waals surface area contributed by atoms with Gasteiger partial charge in [0.05, 0.1) is 39.5 Å². The number of anilines is 4. The van der Waals surface area contributed by atoms with Gasteiger partial charge in [-0.05, 0) is 37.3 Å². The Morgan fingerprint density at radius 2 is 1.88 bits per heavy atom. The molecular formula is C23H19Cl3N6O2. The van der Waals surface area contributed by atoms with E-state index in [4.69, 9.17) is 39.5 Å². The molecule has 2 aliphatic heterocycles. The lowest BCUT2D eigenvalue weighted by molar-refractivity contribution is 0.0932. The highest BCUT2D eigenvalue weighted by atomic mass is 35.5. The van der Waals surface area contributed by atoms with Crippen LogP contribution in [-0.2, 0) is 0 Å². The standard InChI is InChI=1S/C23H19Cl3N6O2/c1-13-11-31(8-7-27-13)19-6-5-14(9-18(19)26)29-23-28-10-15-21(30-23)34-12-32(22(15)33)20-16(24)3-2-4-17(20)25/h2-6,9-10H,7-8,11-12H2,1H3,(H,28,29,30). The molecule has 3 heterocycles. The molecule has 5 rings (SSSR count). The zero-order valence-electron chi connectivity index (χ0n) is 18.1. The van der Waals surface area contributed by atoms with Gasteiger partial charge in [-0.15, -0.1) is 0 Å². The van der Waals surface area contributed by atoms with Gasteiger partial charge in [-0.2, -0.15) is 4.98 Å². The number of rotatable bonds is 4. The summed E-state index contributed by atoms with van der Waals surface area (Å²) in [5, 5.41) is 4.41. The minimum atomic E-state index is -0.351. The van der Waals surface area contributed by atoms with Crippen LogP contribution in [0.2, 0.25) is 15.1 Å². The summed E-state index contributed by atoms with van der Waals surface area (Å²) in [6.45, 7) is 4.26. The van der Waals surface area contributed by atoms with Crippen LogP contribution < -0.4 is 19.9 Å². The quantitative estimate of drug-likeness (QED) is 0.495. The molecule has 0 saturated carbocycles. The number of ether oxygens (including phenoxy) is 1. The zero-order valence-corrected chi connectivity index (χ0v) is 20.3. The monoisotopic (exact) mass is 516 g/mol. The van der Waals surface area contributed by atoms with Crippen LogP contribution in [-0.4, -0.2) is 48.0 Å². The lowest BCUT2D eigenvalue weighted by atomic mass is 10.2. The number of benzene rings is 2. The predicted octanol–water partition coefficient (Wildman–Crippen LogP) is 5.46. The second kappa shape index (κ2) is 9.29. The van der Waals surface area contributed by atoms with Crippen LogP contribution >= 0.6 is 34.8 Å². The number of nitrogens with zero attached hydrogens (tertiary/aromatic N) is 5. The molecule has 34 heavy (non-hydrogen) atoms. The molecule has 0 saturated heterocycles. The normalized spacial score (nSPS) is 15.5. The zero-order chi connectivity index (χ0) is 23.8. The van der Waals surface area contributed by atoms with Gasteiger partial charge in [0.1, 0.15) is 5.56 Å². The number of hydrogen-bond donors (Lipinski definition) is 1. The van der Waals surface area contributed by atoms with Gasteiger partial charge in [0.25, 0.3) is 5.91 Å². The third-order valence-electron chi connectivity index (χ3n) is 5.48. The molecule has 2 aliphatic rings. The molecule has 11 heteroatoms. The average molecular weight is 518 g/mol. The van der Waals surface area contributed by atoms with E-state index in [-0.39, 0.29) is 30.0 Å². The first-order chi connectivity index (χ1) is 16.4. The van der Waals surface area contributed by atoms with Gasteiger partial charge in [0, 0.05) is 24.1 Å². The molecule has 1 amide bonds. The Hall–Kier alpha value is -3.07. The van der Waals surface area contributed by atoms with E-state index in [2.05, 4.69) is 25.2 Å². The molecule has 0 bridgehead atoms. The second-order valence-corrected chi connectivity index (χ2v) is 9.04. The first kappa shape index (κ1) is 22.7. The molecule has 0 fully saturated rings. The Morgan fingerprint density at radius 1 is 1.09 bits per heavy atom. The first-order valence-electron chi connectivity index (χ1n) is 10.5. The largest absolute Gasteiger partial charge is 0.455 e. The Labute approximate surface area is 211 Å². The van der Waals surface area contributed by atoms with E-state index in [0.29, 0.717) is 26.4 Å². The number of carbonyl (C=O) groups is 1. The third-order valence-corrected chi connectivity index (χ3v) is 6.40. The Balaban J connectivity index is 1.34. The van der Waals surface area contributed by atoms with E-state index in [0.717, 1.165) is 31.0 Å². The summed E-state index contributed by atoms with van der Waals surface area (Å²) in [5.41, 5.74) is 3.33. The Bertz CT molecular complexity index is 1300. The number of aromatic nitrogens is 2. The summed E-state index contributed by atoms with van der Waals surface area (Å²) in [6, 6.07) is 10.7. The van der Waals surface area contributed by atoms with E-state index in [1.165, 1.54) is 11.1 Å². The lowest BCUT2D eigenvalue weighted by Crippen LogP contribution is -2.39.